The van der Waals surface area contributed by atoms with E-state index in [1.807, 2.05) is 13.1 Å². The van der Waals surface area contributed by atoms with Crippen molar-refractivity contribution in [3.05, 3.63) is 22.4 Å². The van der Waals surface area contributed by atoms with E-state index < -0.39 is 5.97 Å². The average molecular weight is 339 g/mol. The van der Waals surface area contributed by atoms with Crippen LogP contribution >= 0.6 is 15.9 Å². The Labute approximate surface area is 124 Å². The van der Waals surface area contributed by atoms with Crippen molar-refractivity contribution in [3.8, 4) is 0 Å². The van der Waals surface area contributed by atoms with Crippen molar-refractivity contribution < 1.29 is 9.90 Å². The molecule has 1 N–H and O–H groups in total. The Morgan fingerprint density at radius 1 is 1.45 bits per heavy atom. The van der Waals surface area contributed by atoms with Crippen LogP contribution in [0.15, 0.2) is 16.7 Å². The topological polar surface area (TPSA) is 70.7 Å². The summed E-state index contributed by atoms with van der Waals surface area (Å²) in [7, 11) is 2.03. The van der Waals surface area contributed by atoms with Crippen molar-refractivity contribution in [2.45, 2.75) is 31.7 Å². The highest BCUT2D eigenvalue weighted by molar-refractivity contribution is 9.10. The maximum absolute atomic E-state index is 11.1. The van der Waals surface area contributed by atoms with Crippen molar-refractivity contribution in [2.24, 2.45) is 0 Å². The number of hydrogen-bond acceptors (Lipinski definition) is 4. The molecule has 0 saturated heterocycles. The zero-order valence-electron chi connectivity index (χ0n) is 11.1. The van der Waals surface area contributed by atoms with E-state index in [4.69, 9.17) is 5.11 Å². The van der Waals surface area contributed by atoms with E-state index in [1.165, 1.54) is 30.2 Å². The van der Waals surface area contributed by atoms with Crippen LogP contribution in [0.25, 0.3) is 5.65 Å². The number of carboxylic acid groups (broad SMARTS) is 1. The normalized spacial score (nSPS) is 15.9. The Balaban J connectivity index is 2.01. The fraction of sp³-hybridized carbons (Fsp3) is 0.462. The van der Waals surface area contributed by atoms with Crippen LogP contribution in [-0.4, -0.2) is 38.8 Å². The first-order valence-electron chi connectivity index (χ1n) is 6.59. The third-order valence-corrected chi connectivity index (χ3v) is 4.56. The van der Waals surface area contributed by atoms with Gasteiger partial charge in [0.25, 0.3) is 0 Å². The van der Waals surface area contributed by atoms with E-state index in [0.717, 1.165) is 5.82 Å². The van der Waals surface area contributed by atoms with Crippen molar-refractivity contribution in [3.63, 3.8) is 0 Å². The molecule has 0 unspecified atom stereocenters. The molecular formula is C13H15BrN4O2. The summed E-state index contributed by atoms with van der Waals surface area (Å²) in [5.74, 6) is -0.229. The molecule has 0 atom stereocenters. The third kappa shape index (κ3) is 2.15. The van der Waals surface area contributed by atoms with Gasteiger partial charge in [-0.1, -0.05) is 12.8 Å². The predicted octanol–water partition coefficient (Wildman–Crippen LogP) is 2.57. The molecule has 7 heteroatoms. The molecule has 20 heavy (non-hydrogen) atoms. The summed E-state index contributed by atoms with van der Waals surface area (Å²) >= 11 is 3.26. The monoisotopic (exact) mass is 338 g/mol. The smallest absolute Gasteiger partial charge is 0.357 e. The fourth-order valence-corrected chi connectivity index (χ4v) is 3.22. The summed E-state index contributed by atoms with van der Waals surface area (Å²) in [4.78, 5) is 17.3. The highest BCUT2D eigenvalue weighted by Gasteiger charge is 2.22. The van der Waals surface area contributed by atoms with Crippen LogP contribution in [0.2, 0.25) is 0 Å². The molecule has 0 aliphatic heterocycles. The van der Waals surface area contributed by atoms with Crippen molar-refractivity contribution in [2.75, 3.05) is 11.9 Å². The Kier molecular flexibility index (Phi) is 3.37. The zero-order valence-corrected chi connectivity index (χ0v) is 12.7. The molecule has 2 aromatic rings. The molecule has 3 rings (SSSR count). The van der Waals surface area contributed by atoms with Gasteiger partial charge in [0.2, 0.25) is 0 Å². The SMILES string of the molecule is CN(c1ccc2nc(C(=O)O)c(Br)n2n1)C1CCCC1. The first-order chi connectivity index (χ1) is 9.58. The van der Waals surface area contributed by atoms with E-state index in [0.29, 0.717) is 16.3 Å². The highest BCUT2D eigenvalue weighted by atomic mass is 79.9. The zero-order chi connectivity index (χ0) is 14.3. The number of carbonyl (C=O) groups is 1. The number of halogens is 1. The second-order valence-electron chi connectivity index (χ2n) is 5.07. The van der Waals surface area contributed by atoms with Crippen molar-refractivity contribution in [1.29, 1.82) is 0 Å². The van der Waals surface area contributed by atoms with Gasteiger partial charge in [0.15, 0.2) is 11.3 Å². The van der Waals surface area contributed by atoms with E-state index in [1.54, 1.807) is 6.07 Å². The van der Waals surface area contributed by atoms with Crippen LogP contribution in [-0.2, 0) is 0 Å². The lowest BCUT2D eigenvalue weighted by Crippen LogP contribution is -2.29. The summed E-state index contributed by atoms with van der Waals surface area (Å²) in [6, 6.07) is 4.20. The van der Waals surface area contributed by atoms with Crippen LogP contribution in [0.5, 0.6) is 0 Å². The first-order valence-corrected chi connectivity index (χ1v) is 7.38. The Morgan fingerprint density at radius 3 is 2.80 bits per heavy atom. The first kappa shape index (κ1) is 13.4. The molecular weight excluding hydrogens is 324 g/mol. The Hall–Kier alpha value is -1.63. The van der Waals surface area contributed by atoms with Gasteiger partial charge >= 0.3 is 5.97 Å². The van der Waals surface area contributed by atoms with E-state index >= 15 is 0 Å². The minimum absolute atomic E-state index is 0.0156. The van der Waals surface area contributed by atoms with Gasteiger partial charge < -0.3 is 10.0 Å². The quantitative estimate of drug-likeness (QED) is 0.931. The summed E-state index contributed by atoms with van der Waals surface area (Å²) in [6.45, 7) is 0. The summed E-state index contributed by atoms with van der Waals surface area (Å²) in [5, 5.41) is 13.6. The maximum Gasteiger partial charge on any atom is 0.357 e. The van der Waals surface area contributed by atoms with Crippen LogP contribution in [0, 0.1) is 0 Å². The van der Waals surface area contributed by atoms with Crippen LogP contribution in [0.3, 0.4) is 0 Å². The largest absolute Gasteiger partial charge is 0.476 e. The van der Waals surface area contributed by atoms with Crippen molar-refractivity contribution in [1.82, 2.24) is 14.6 Å². The highest BCUT2D eigenvalue weighted by Crippen LogP contribution is 2.27. The minimum atomic E-state index is -1.06. The van der Waals surface area contributed by atoms with Gasteiger partial charge in [-0.05, 0) is 40.9 Å². The van der Waals surface area contributed by atoms with Gasteiger partial charge in [-0.15, -0.1) is 5.10 Å². The van der Waals surface area contributed by atoms with Crippen LogP contribution < -0.4 is 4.90 Å². The number of aromatic carboxylic acids is 1. The molecule has 2 aromatic heterocycles. The molecule has 2 heterocycles. The van der Waals surface area contributed by atoms with Gasteiger partial charge in [-0.25, -0.2) is 14.3 Å². The Bertz CT molecular complexity index is 664. The second kappa shape index (κ2) is 5.05. The van der Waals surface area contributed by atoms with Crippen molar-refractivity contribution >= 4 is 33.4 Å². The van der Waals surface area contributed by atoms with Gasteiger partial charge in [0, 0.05) is 13.1 Å². The minimum Gasteiger partial charge on any atom is -0.476 e. The van der Waals surface area contributed by atoms with Gasteiger partial charge in [0.1, 0.15) is 10.4 Å². The van der Waals surface area contributed by atoms with E-state index in [2.05, 4.69) is 30.9 Å². The third-order valence-electron chi connectivity index (χ3n) is 3.85. The summed E-state index contributed by atoms with van der Waals surface area (Å²) < 4.78 is 1.91. The predicted molar refractivity (Wildman–Crippen MR) is 78.3 cm³/mol. The second-order valence-corrected chi connectivity index (χ2v) is 5.82. The standard InChI is InChI=1S/C13H15BrN4O2/c1-17(8-4-2-3-5-8)10-7-6-9-15-11(13(19)20)12(14)18(9)16-10/h6-8H,2-5H2,1H3,(H,19,20). The lowest BCUT2D eigenvalue weighted by molar-refractivity contribution is 0.0690. The number of hydrogen-bond donors (Lipinski definition) is 1. The summed E-state index contributed by atoms with van der Waals surface area (Å²) in [6.07, 6.45) is 4.88. The number of imidazole rings is 1. The molecule has 106 valence electrons. The lowest BCUT2D eigenvalue weighted by Gasteiger charge is -2.25. The number of fused-ring (bicyclic) bond motifs is 1. The van der Waals surface area contributed by atoms with Gasteiger partial charge in [-0.3, -0.25) is 0 Å². The maximum atomic E-state index is 11.1. The molecule has 6 nitrogen and oxygen atoms in total. The molecule has 0 radical (unpaired) electrons. The molecule has 1 aliphatic rings. The molecule has 1 fully saturated rings. The molecule has 0 amide bonds. The van der Waals surface area contributed by atoms with Gasteiger partial charge in [0.05, 0.1) is 0 Å². The molecule has 0 bridgehead atoms. The fourth-order valence-electron chi connectivity index (χ4n) is 2.70. The number of nitrogens with zero attached hydrogens (tertiary/aromatic N) is 4. The molecule has 1 aliphatic carbocycles. The summed E-state index contributed by atoms with van der Waals surface area (Å²) in [5.41, 5.74) is 0.510. The van der Waals surface area contributed by atoms with Crippen LogP contribution in [0.4, 0.5) is 5.82 Å². The molecule has 1 saturated carbocycles. The van der Waals surface area contributed by atoms with E-state index in [-0.39, 0.29) is 5.69 Å². The number of rotatable bonds is 3. The lowest BCUT2D eigenvalue weighted by atomic mass is 10.2. The number of carboxylic acids is 1. The molecule has 0 aromatic carbocycles. The van der Waals surface area contributed by atoms with Crippen LogP contribution in [0.1, 0.15) is 36.2 Å². The average Bonchev–Trinajstić information content (AvgIpc) is 3.06. The van der Waals surface area contributed by atoms with Gasteiger partial charge in [-0.2, -0.15) is 0 Å². The number of aromatic nitrogens is 3. The van der Waals surface area contributed by atoms with E-state index in [9.17, 15) is 4.79 Å². The molecule has 0 spiro atoms. The Morgan fingerprint density at radius 2 is 2.15 bits per heavy atom. The number of anilines is 1.